The van der Waals surface area contributed by atoms with Gasteiger partial charge in [0.05, 0.1) is 22.6 Å². The number of nitrogens with zero attached hydrogens (tertiary/aromatic N) is 4. The molecule has 0 spiro atoms. The van der Waals surface area contributed by atoms with Crippen LogP contribution in [0.15, 0.2) is 176 Å². The smallest absolute Gasteiger partial charge is 0.251 e. The Bertz CT molecular complexity index is 3760. The van der Waals surface area contributed by atoms with Gasteiger partial charge >= 0.3 is 0 Å². The lowest BCUT2D eigenvalue weighted by atomic mass is 9.33. The van der Waals surface area contributed by atoms with Gasteiger partial charge in [-0.05, 0) is 130 Å². The van der Waals surface area contributed by atoms with Crippen LogP contribution in [0.2, 0.25) is 13.1 Å². The summed E-state index contributed by atoms with van der Waals surface area (Å²) in [6.45, 7) is 17.6. The summed E-state index contributed by atoms with van der Waals surface area (Å²) in [7, 11) is -2.30. The van der Waals surface area contributed by atoms with Crippen LogP contribution in [0, 0.1) is 0 Å². The Morgan fingerprint density at radius 3 is 2.10 bits per heavy atom. The van der Waals surface area contributed by atoms with Crippen LogP contribution in [-0.4, -0.2) is 25.3 Å². The average molecular weight is 961 g/mol. The molecule has 1 aromatic heterocycles. The van der Waals surface area contributed by atoms with Crippen molar-refractivity contribution in [2.24, 2.45) is 0 Å². The van der Waals surface area contributed by atoms with Crippen molar-refractivity contribution < 1.29 is 0 Å². The van der Waals surface area contributed by atoms with Gasteiger partial charge in [-0.2, -0.15) is 0 Å². The summed E-state index contributed by atoms with van der Waals surface area (Å²) >= 11 is 0. The van der Waals surface area contributed by atoms with E-state index in [4.69, 9.17) is 4.98 Å². The first-order chi connectivity index (χ1) is 35.4. The molecule has 7 aromatic carbocycles. The van der Waals surface area contributed by atoms with Crippen LogP contribution in [0.3, 0.4) is 0 Å². The standard InChI is InChI=1S/C67H61BN4Si/c1-65(2,3)44-30-33-55-51(39-44)66(4)35-16-17-36-67(66,5)72(55)45-40-57-61-58(41-45)71-53-25-13-11-22-47(53)50-38-43(42-20-9-8-10-21-42)29-31-46(50)48-32-34-60-63(64(48)71)68(61)62-56(27-19-28-59(62)73(60,6)7)70(57)54-26-14-12-23-49(54)52-24-15-18-37-69-52/h8-15,18-30,32-34,37-41,46H,16-17,31,35-36H2,1-7H3. The Kier molecular flexibility index (Phi) is 8.91. The fraction of sp³-hybridized carbons (Fsp3) is 0.239. The lowest BCUT2D eigenvalue weighted by Gasteiger charge is -2.52. The van der Waals surface area contributed by atoms with Gasteiger partial charge in [0.2, 0.25) is 0 Å². The molecule has 73 heavy (non-hydrogen) atoms. The molecule has 15 rings (SSSR count). The molecule has 8 aromatic rings. The van der Waals surface area contributed by atoms with E-state index in [1.54, 1.807) is 10.4 Å². The molecule has 0 bridgehead atoms. The Morgan fingerprint density at radius 2 is 1.32 bits per heavy atom. The third kappa shape index (κ3) is 5.71. The summed E-state index contributed by atoms with van der Waals surface area (Å²) in [6.07, 6.45) is 12.7. The number of aromatic nitrogens is 1. The van der Waals surface area contributed by atoms with Crippen molar-refractivity contribution in [3.63, 3.8) is 0 Å². The molecule has 5 aliphatic heterocycles. The molecule has 0 saturated heterocycles. The molecule has 0 radical (unpaired) electrons. The van der Waals surface area contributed by atoms with Crippen LogP contribution in [0.4, 0.5) is 45.5 Å². The average Bonchev–Trinajstić information content (AvgIpc) is 3.55. The highest BCUT2D eigenvalue weighted by atomic mass is 28.3. The van der Waals surface area contributed by atoms with E-state index in [1.807, 2.05) is 12.3 Å². The summed E-state index contributed by atoms with van der Waals surface area (Å²) in [5.74, 6) is 0.208. The molecule has 1 saturated carbocycles. The van der Waals surface area contributed by atoms with Crippen molar-refractivity contribution in [2.75, 3.05) is 14.7 Å². The van der Waals surface area contributed by atoms with Crippen molar-refractivity contribution in [1.82, 2.24) is 4.98 Å². The third-order valence-corrected chi connectivity index (χ3v) is 22.7. The minimum absolute atomic E-state index is 0.0309. The number of hydrogen-bond donors (Lipinski definition) is 0. The minimum Gasteiger partial charge on any atom is -0.334 e. The molecule has 7 aliphatic rings. The topological polar surface area (TPSA) is 22.6 Å². The number of pyridine rings is 1. The quantitative estimate of drug-likeness (QED) is 0.164. The van der Waals surface area contributed by atoms with Crippen molar-refractivity contribution in [3.05, 3.63) is 204 Å². The Hall–Kier alpha value is -7.15. The Labute approximate surface area is 432 Å². The predicted octanol–water partition coefficient (Wildman–Crippen LogP) is 14.0. The number of rotatable bonds is 4. The molecule has 3 unspecified atom stereocenters. The zero-order valence-electron chi connectivity index (χ0n) is 43.2. The maximum absolute atomic E-state index is 5.04. The summed E-state index contributed by atoms with van der Waals surface area (Å²) in [6, 6.07) is 61.1. The van der Waals surface area contributed by atoms with Gasteiger partial charge in [-0.25, -0.2) is 0 Å². The SMILES string of the molecule is CC(C)(C)c1ccc2c(c1)C1(C)CCCCC1(C)N2c1cc2c3c(c1)N1c4ccccc4C4=CC(c5ccccc5)=CCC4c4ccc5c(c41)B3c1c(cccc1[Si]5(C)C)N2c1ccccc1-c1ccccn1. The summed E-state index contributed by atoms with van der Waals surface area (Å²) < 4.78 is 0. The number of allylic oxidation sites excluding steroid dienone is 4. The van der Waals surface area contributed by atoms with Crippen molar-refractivity contribution in [1.29, 1.82) is 0 Å². The summed E-state index contributed by atoms with van der Waals surface area (Å²) in [4.78, 5) is 13.3. The predicted molar refractivity (Wildman–Crippen MR) is 312 cm³/mol. The maximum atomic E-state index is 5.04. The molecular weight excluding hydrogens is 900 g/mol. The molecule has 3 atom stereocenters. The van der Waals surface area contributed by atoms with Crippen molar-refractivity contribution in [2.45, 2.75) is 102 Å². The molecule has 6 heteroatoms. The van der Waals surface area contributed by atoms with E-state index >= 15 is 0 Å². The normalized spacial score (nSPS) is 22.0. The second kappa shape index (κ2) is 15.0. The van der Waals surface area contributed by atoms with E-state index in [0.717, 1.165) is 29.8 Å². The number of benzene rings is 7. The Balaban J connectivity index is 1.08. The molecule has 0 N–H and O–H groups in total. The van der Waals surface area contributed by atoms with Gasteiger partial charge in [0, 0.05) is 62.8 Å². The fourth-order valence-electron chi connectivity index (χ4n) is 15.3. The van der Waals surface area contributed by atoms with Crippen LogP contribution >= 0.6 is 0 Å². The molecule has 1 fully saturated rings. The van der Waals surface area contributed by atoms with Crippen molar-refractivity contribution in [3.8, 4) is 11.3 Å². The van der Waals surface area contributed by atoms with Crippen LogP contribution in [0.1, 0.15) is 100 Å². The third-order valence-electron chi connectivity index (χ3n) is 19.1. The molecule has 2 aliphatic carbocycles. The molecule has 356 valence electrons. The largest absolute Gasteiger partial charge is 0.334 e. The lowest BCUT2D eigenvalue weighted by molar-refractivity contribution is 0.195. The van der Waals surface area contributed by atoms with Gasteiger partial charge in [0.1, 0.15) is 8.07 Å². The summed E-state index contributed by atoms with van der Waals surface area (Å²) in [5, 5.41) is 3.12. The van der Waals surface area contributed by atoms with Gasteiger partial charge in [0.15, 0.2) is 0 Å². The molecule has 6 heterocycles. The van der Waals surface area contributed by atoms with Crippen molar-refractivity contribution >= 4 is 98.2 Å². The zero-order chi connectivity index (χ0) is 49.3. The highest BCUT2D eigenvalue weighted by molar-refractivity contribution is 7.16. The second-order valence-corrected chi connectivity index (χ2v) is 28.5. The van der Waals surface area contributed by atoms with E-state index in [2.05, 4.69) is 226 Å². The first-order valence-electron chi connectivity index (χ1n) is 27.0. The number of hydrogen-bond acceptors (Lipinski definition) is 4. The second-order valence-electron chi connectivity index (χ2n) is 24.1. The van der Waals surface area contributed by atoms with E-state index in [1.165, 1.54) is 114 Å². The van der Waals surface area contributed by atoms with Crippen LogP contribution in [0.25, 0.3) is 22.4 Å². The number of para-hydroxylation sites is 2. The van der Waals surface area contributed by atoms with Gasteiger partial charge in [-0.3, -0.25) is 4.98 Å². The van der Waals surface area contributed by atoms with Gasteiger partial charge < -0.3 is 14.7 Å². The van der Waals surface area contributed by atoms with E-state index < -0.39 is 8.07 Å². The molecule has 0 amide bonds. The maximum Gasteiger partial charge on any atom is 0.251 e. The minimum atomic E-state index is -2.30. The number of fused-ring (bicyclic) bond motifs is 9. The van der Waals surface area contributed by atoms with Gasteiger partial charge in [-0.1, -0.05) is 185 Å². The van der Waals surface area contributed by atoms with E-state index in [9.17, 15) is 0 Å². The molecule has 4 nitrogen and oxygen atoms in total. The van der Waals surface area contributed by atoms with Crippen LogP contribution in [0.5, 0.6) is 0 Å². The number of anilines is 8. The fourth-order valence-corrected chi connectivity index (χ4v) is 18.5. The van der Waals surface area contributed by atoms with Crippen LogP contribution < -0.4 is 41.5 Å². The highest BCUT2D eigenvalue weighted by Gasteiger charge is 2.59. The van der Waals surface area contributed by atoms with E-state index in [0.29, 0.717) is 0 Å². The first-order valence-corrected chi connectivity index (χ1v) is 30.0. The van der Waals surface area contributed by atoms with Gasteiger partial charge in [0.25, 0.3) is 6.71 Å². The monoisotopic (exact) mass is 960 g/mol. The highest BCUT2D eigenvalue weighted by Crippen LogP contribution is 2.63. The Morgan fingerprint density at radius 1 is 0.616 bits per heavy atom. The summed E-state index contributed by atoms with van der Waals surface area (Å²) in [5.41, 5.74) is 26.5. The first kappa shape index (κ1) is 43.4. The zero-order valence-corrected chi connectivity index (χ0v) is 44.2. The van der Waals surface area contributed by atoms with Gasteiger partial charge in [-0.15, -0.1) is 0 Å². The molecular formula is C67H61BN4Si. The lowest BCUT2D eigenvalue weighted by Crippen LogP contribution is -2.79. The van der Waals surface area contributed by atoms with Crippen LogP contribution in [-0.2, 0) is 10.8 Å². The van der Waals surface area contributed by atoms with E-state index in [-0.39, 0.29) is 29.0 Å².